The average molecular weight is 355 g/mol. The number of aromatic nitrogens is 2. The van der Waals surface area contributed by atoms with Crippen molar-refractivity contribution < 1.29 is 0 Å². The molecule has 120 valence electrons. The van der Waals surface area contributed by atoms with Crippen molar-refractivity contribution in [3.8, 4) is 11.1 Å². The van der Waals surface area contributed by atoms with E-state index in [0.29, 0.717) is 23.5 Å². The highest BCUT2D eigenvalue weighted by atomic mass is 35.5. The van der Waals surface area contributed by atoms with Gasteiger partial charge in [0.15, 0.2) is 0 Å². The third kappa shape index (κ3) is 2.72. The van der Waals surface area contributed by atoms with Gasteiger partial charge in [0.05, 0.1) is 5.39 Å². The van der Waals surface area contributed by atoms with Gasteiger partial charge in [-0.2, -0.15) is 0 Å². The van der Waals surface area contributed by atoms with Crippen molar-refractivity contribution in [3.05, 3.63) is 64.0 Å². The monoisotopic (exact) mass is 354 g/mol. The summed E-state index contributed by atoms with van der Waals surface area (Å²) in [5.41, 5.74) is 1.91. The third-order valence-corrected chi connectivity index (χ3v) is 5.24. The van der Waals surface area contributed by atoms with Crippen molar-refractivity contribution in [3.63, 3.8) is 0 Å². The number of benzene rings is 2. The molecule has 0 saturated carbocycles. The molecule has 0 fully saturated rings. The van der Waals surface area contributed by atoms with E-state index in [-0.39, 0.29) is 5.56 Å². The summed E-state index contributed by atoms with van der Waals surface area (Å²) in [7, 11) is 0. The molecule has 2 aromatic heterocycles. The van der Waals surface area contributed by atoms with E-state index in [1.54, 1.807) is 0 Å². The molecular formula is C19H15ClN2OS. The lowest BCUT2D eigenvalue weighted by Crippen LogP contribution is -2.11. The van der Waals surface area contributed by atoms with Crippen molar-refractivity contribution in [1.29, 1.82) is 0 Å². The second-order valence-corrected chi connectivity index (χ2v) is 6.93. The first-order valence-electron chi connectivity index (χ1n) is 7.82. The van der Waals surface area contributed by atoms with Crippen LogP contribution in [0, 0.1) is 0 Å². The number of halogens is 1. The molecule has 4 rings (SSSR count). The molecule has 0 aliphatic heterocycles. The van der Waals surface area contributed by atoms with Crippen LogP contribution in [0.4, 0.5) is 0 Å². The molecule has 5 heteroatoms. The summed E-state index contributed by atoms with van der Waals surface area (Å²) in [6.07, 6.45) is 1.50. The van der Waals surface area contributed by atoms with Gasteiger partial charge in [-0.25, -0.2) is 4.98 Å². The molecule has 2 aromatic carbocycles. The van der Waals surface area contributed by atoms with Gasteiger partial charge in [-0.15, -0.1) is 22.9 Å². The minimum Gasteiger partial charge on any atom is -0.310 e. The first-order chi connectivity index (χ1) is 11.8. The van der Waals surface area contributed by atoms with Crippen LogP contribution in [0.15, 0.2) is 52.6 Å². The van der Waals surface area contributed by atoms with Crippen LogP contribution in [0.2, 0.25) is 0 Å². The summed E-state index contributed by atoms with van der Waals surface area (Å²) in [5, 5.41) is 5.04. The Morgan fingerprint density at radius 1 is 1.12 bits per heavy atom. The smallest absolute Gasteiger partial charge is 0.260 e. The van der Waals surface area contributed by atoms with Gasteiger partial charge in [0.2, 0.25) is 0 Å². The third-order valence-electron chi connectivity index (χ3n) is 4.10. The zero-order valence-electron chi connectivity index (χ0n) is 12.9. The average Bonchev–Trinajstić information content (AvgIpc) is 3.04. The number of hydrogen-bond acceptors (Lipinski definition) is 3. The van der Waals surface area contributed by atoms with E-state index in [1.807, 2.05) is 17.5 Å². The highest BCUT2D eigenvalue weighted by Crippen LogP contribution is 2.32. The molecule has 0 unspecified atom stereocenters. The minimum atomic E-state index is -0.0750. The van der Waals surface area contributed by atoms with E-state index in [4.69, 9.17) is 11.6 Å². The second-order valence-electron chi connectivity index (χ2n) is 5.70. The molecule has 0 saturated heterocycles. The van der Waals surface area contributed by atoms with E-state index < -0.39 is 0 Å². The number of aryl methyl sites for hydroxylation is 1. The van der Waals surface area contributed by atoms with Crippen LogP contribution in [0.5, 0.6) is 0 Å². The Hall–Kier alpha value is -2.17. The van der Waals surface area contributed by atoms with Crippen LogP contribution in [0.25, 0.3) is 32.1 Å². The summed E-state index contributed by atoms with van der Waals surface area (Å²) in [6, 6.07) is 14.5. The van der Waals surface area contributed by atoms with Gasteiger partial charge in [-0.1, -0.05) is 36.4 Å². The Balaban J connectivity index is 1.85. The van der Waals surface area contributed by atoms with Gasteiger partial charge in [0.25, 0.3) is 5.56 Å². The van der Waals surface area contributed by atoms with Gasteiger partial charge in [0, 0.05) is 23.2 Å². The van der Waals surface area contributed by atoms with Crippen LogP contribution in [0.1, 0.15) is 12.2 Å². The highest BCUT2D eigenvalue weighted by Gasteiger charge is 2.13. The zero-order chi connectivity index (χ0) is 16.5. The largest absolute Gasteiger partial charge is 0.310 e. The number of aromatic amines is 1. The first-order valence-corrected chi connectivity index (χ1v) is 9.23. The van der Waals surface area contributed by atoms with Gasteiger partial charge >= 0.3 is 0 Å². The second kappa shape index (κ2) is 6.38. The Kier molecular flexibility index (Phi) is 4.08. The van der Waals surface area contributed by atoms with Crippen LogP contribution < -0.4 is 5.56 Å². The SMILES string of the molecule is O=c1[nH]c(CCCCl)nc2scc(-c3ccc4ccccc4c3)c12. The number of thiophene rings is 1. The first kappa shape index (κ1) is 15.4. The molecule has 0 spiro atoms. The van der Waals surface area contributed by atoms with Crippen molar-refractivity contribution in [2.45, 2.75) is 12.8 Å². The standard InChI is InChI=1S/C19H15ClN2OS/c20-9-3-6-16-21-18(23)17-15(11-24-19(17)22-16)14-8-7-12-4-1-2-5-13(12)10-14/h1-2,4-5,7-8,10-11H,3,6,9H2,(H,21,22,23). The fourth-order valence-electron chi connectivity index (χ4n) is 2.92. The minimum absolute atomic E-state index is 0.0750. The van der Waals surface area contributed by atoms with Crippen LogP contribution in [0.3, 0.4) is 0 Å². The number of rotatable bonds is 4. The Bertz CT molecular complexity index is 1080. The van der Waals surface area contributed by atoms with E-state index in [9.17, 15) is 4.79 Å². The number of nitrogens with zero attached hydrogens (tertiary/aromatic N) is 1. The number of fused-ring (bicyclic) bond motifs is 2. The molecule has 0 atom stereocenters. The summed E-state index contributed by atoms with van der Waals surface area (Å²) < 4.78 is 0. The maximum atomic E-state index is 12.6. The zero-order valence-corrected chi connectivity index (χ0v) is 14.5. The molecule has 0 amide bonds. The van der Waals surface area contributed by atoms with Crippen LogP contribution in [-0.4, -0.2) is 15.8 Å². The van der Waals surface area contributed by atoms with Gasteiger partial charge in [0.1, 0.15) is 10.7 Å². The summed E-state index contributed by atoms with van der Waals surface area (Å²) >= 11 is 7.24. The van der Waals surface area contributed by atoms with Crippen molar-refractivity contribution >= 4 is 43.9 Å². The predicted molar refractivity (Wildman–Crippen MR) is 102 cm³/mol. The lowest BCUT2D eigenvalue weighted by Gasteiger charge is -2.03. The molecule has 4 aromatic rings. The maximum absolute atomic E-state index is 12.6. The Labute approximate surface area is 147 Å². The molecular weight excluding hydrogens is 340 g/mol. The van der Waals surface area contributed by atoms with E-state index >= 15 is 0 Å². The lowest BCUT2D eigenvalue weighted by molar-refractivity contribution is 0.843. The molecule has 0 radical (unpaired) electrons. The highest BCUT2D eigenvalue weighted by molar-refractivity contribution is 7.17. The van der Waals surface area contributed by atoms with Gasteiger partial charge < -0.3 is 4.98 Å². The van der Waals surface area contributed by atoms with Crippen molar-refractivity contribution in [1.82, 2.24) is 9.97 Å². The number of nitrogens with one attached hydrogen (secondary N) is 1. The van der Waals surface area contributed by atoms with Crippen LogP contribution >= 0.6 is 22.9 Å². The van der Waals surface area contributed by atoms with Crippen molar-refractivity contribution in [2.24, 2.45) is 0 Å². The van der Waals surface area contributed by atoms with Crippen LogP contribution in [-0.2, 0) is 6.42 Å². The fourth-order valence-corrected chi connectivity index (χ4v) is 4.02. The van der Waals surface area contributed by atoms with E-state index in [2.05, 4.69) is 40.3 Å². The number of hydrogen-bond donors (Lipinski definition) is 1. The fraction of sp³-hybridized carbons (Fsp3) is 0.158. The summed E-state index contributed by atoms with van der Waals surface area (Å²) in [4.78, 5) is 20.8. The van der Waals surface area contributed by atoms with Gasteiger partial charge in [-0.3, -0.25) is 4.79 Å². The number of H-pyrrole nitrogens is 1. The lowest BCUT2D eigenvalue weighted by atomic mass is 10.0. The predicted octanol–water partition coefficient (Wildman–Crippen LogP) is 4.98. The van der Waals surface area contributed by atoms with E-state index in [0.717, 1.165) is 27.8 Å². The van der Waals surface area contributed by atoms with E-state index in [1.165, 1.54) is 16.7 Å². The molecule has 0 aliphatic rings. The molecule has 3 nitrogen and oxygen atoms in total. The quantitative estimate of drug-likeness (QED) is 0.525. The molecule has 0 bridgehead atoms. The molecule has 24 heavy (non-hydrogen) atoms. The normalized spacial score (nSPS) is 11.4. The summed E-state index contributed by atoms with van der Waals surface area (Å²) in [5.74, 6) is 1.27. The Morgan fingerprint density at radius 2 is 1.96 bits per heavy atom. The van der Waals surface area contributed by atoms with Crippen molar-refractivity contribution in [2.75, 3.05) is 5.88 Å². The molecule has 1 N–H and O–H groups in total. The molecule has 2 heterocycles. The maximum Gasteiger partial charge on any atom is 0.260 e. The summed E-state index contributed by atoms with van der Waals surface area (Å²) in [6.45, 7) is 0. The number of alkyl halides is 1. The topological polar surface area (TPSA) is 45.8 Å². The molecule has 0 aliphatic carbocycles. The van der Waals surface area contributed by atoms with Gasteiger partial charge in [-0.05, 0) is 28.8 Å². The Morgan fingerprint density at radius 3 is 2.79 bits per heavy atom.